The molecule has 6 nitrogen and oxygen atoms in total. The molecular weight excluding hydrogens is 400 g/mol. The molecule has 1 N–H and O–H groups in total. The van der Waals surface area contributed by atoms with E-state index in [-0.39, 0.29) is 22.1 Å². The zero-order valence-electron chi connectivity index (χ0n) is 17.5. The minimum atomic E-state index is -3.27. The fourth-order valence-corrected chi connectivity index (χ4v) is 7.60. The van der Waals surface area contributed by atoms with Gasteiger partial charge in [-0.05, 0) is 93.4 Å². The number of nitrogens with zero attached hydrogens (tertiary/aromatic N) is 1. The first-order chi connectivity index (χ1) is 14.2. The van der Waals surface area contributed by atoms with Gasteiger partial charge in [-0.1, -0.05) is 0 Å². The van der Waals surface area contributed by atoms with E-state index >= 15 is 0 Å². The molecule has 4 bridgehead atoms. The highest BCUT2D eigenvalue weighted by atomic mass is 32.2. The van der Waals surface area contributed by atoms with Crippen molar-refractivity contribution >= 4 is 27.3 Å². The van der Waals surface area contributed by atoms with Crippen molar-refractivity contribution in [1.82, 2.24) is 4.90 Å². The van der Waals surface area contributed by atoms with E-state index in [4.69, 9.17) is 0 Å². The second-order valence-electron chi connectivity index (χ2n) is 10.1. The Labute approximate surface area is 178 Å². The van der Waals surface area contributed by atoms with Crippen molar-refractivity contribution in [1.29, 1.82) is 0 Å². The summed E-state index contributed by atoms with van der Waals surface area (Å²) in [6.07, 6.45) is 9.60. The van der Waals surface area contributed by atoms with Gasteiger partial charge in [-0.15, -0.1) is 0 Å². The van der Waals surface area contributed by atoms with Crippen LogP contribution in [0.5, 0.6) is 0 Å². The highest BCUT2D eigenvalue weighted by Crippen LogP contribution is 2.60. The molecule has 4 saturated carbocycles. The predicted octanol–water partition coefficient (Wildman–Crippen LogP) is 3.24. The van der Waals surface area contributed by atoms with Crippen molar-refractivity contribution in [3.8, 4) is 0 Å². The Hall–Kier alpha value is -1.89. The van der Waals surface area contributed by atoms with Gasteiger partial charge in [0.2, 0.25) is 11.8 Å². The molecular formula is C23H30N2O4S. The third kappa shape index (κ3) is 3.45. The molecule has 1 aromatic carbocycles. The lowest BCUT2D eigenvalue weighted by atomic mass is 9.49. The van der Waals surface area contributed by atoms with Crippen LogP contribution in [0.3, 0.4) is 0 Å². The lowest BCUT2D eigenvalue weighted by molar-refractivity contribution is -0.160. The lowest BCUT2D eigenvalue weighted by Crippen LogP contribution is -2.56. The maximum atomic E-state index is 13.7. The fourth-order valence-electron chi connectivity index (χ4n) is 6.97. The molecule has 1 aromatic rings. The Balaban J connectivity index is 1.30. The Morgan fingerprint density at radius 2 is 1.57 bits per heavy atom. The number of hydrogen-bond donors (Lipinski definition) is 1. The molecule has 162 valence electrons. The van der Waals surface area contributed by atoms with Crippen LogP contribution in [0, 0.1) is 23.2 Å². The van der Waals surface area contributed by atoms with Gasteiger partial charge in [0.1, 0.15) is 6.04 Å². The van der Waals surface area contributed by atoms with Gasteiger partial charge in [0.15, 0.2) is 9.84 Å². The first kappa shape index (κ1) is 20.0. The number of benzene rings is 1. The van der Waals surface area contributed by atoms with Gasteiger partial charge in [-0.25, -0.2) is 8.42 Å². The van der Waals surface area contributed by atoms with Crippen LogP contribution in [0.15, 0.2) is 29.2 Å². The second kappa shape index (κ2) is 7.08. The average molecular weight is 431 g/mol. The maximum absolute atomic E-state index is 13.7. The first-order valence-corrected chi connectivity index (χ1v) is 13.0. The van der Waals surface area contributed by atoms with Gasteiger partial charge in [0.25, 0.3) is 0 Å². The van der Waals surface area contributed by atoms with E-state index in [1.807, 2.05) is 4.90 Å². The molecule has 1 aliphatic heterocycles. The van der Waals surface area contributed by atoms with Gasteiger partial charge in [-0.2, -0.15) is 0 Å². The SMILES string of the molecule is CS(=O)(=O)c1ccc(NC(=O)[C@@H]2CCCN2C(=O)C23CC4CC(CC(C4)C2)C3)cc1. The molecule has 4 aliphatic carbocycles. The van der Waals surface area contributed by atoms with Crippen molar-refractivity contribution in [2.24, 2.45) is 23.2 Å². The summed E-state index contributed by atoms with van der Waals surface area (Å²) in [5, 5.41) is 2.89. The molecule has 2 amide bonds. The summed E-state index contributed by atoms with van der Waals surface area (Å²) in [5.41, 5.74) is 0.330. The van der Waals surface area contributed by atoms with E-state index in [1.54, 1.807) is 12.1 Å². The summed E-state index contributed by atoms with van der Waals surface area (Å²) >= 11 is 0. The molecule has 5 fully saturated rings. The molecule has 7 heteroatoms. The summed E-state index contributed by atoms with van der Waals surface area (Å²) < 4.78 is 23.2. The highest BCUT2D eigenvalue weighted by Gasteiger charge is 2.56. The van der Waals surface area contributed by atoms with Crippen molar-refractivity contribution < 1.29 is 18.0 Å². The third-order valence-corrected chi connectivity index (χ3v) is 8.99. The van der Waals surface area contributed by atoms with Gasteiger partial charge in [-0.3, -0.25) is 9.59 Å². The van der Waals surface area contributed by atoms with E-state index < -0.39 is 15.9 Å². The topological polar surface area (TPSA) is 83.6 Å². The van der Waals surface area contributed by atoms with Crippen molar-refractivity contribution in [3.05, 3.63) is 24.3 Å². The van der Waals surface area contributed by atoms with E-state index in [0.29, 0.717) is 36.4 Å². The smallest absolute Gasteiger partial charge is 0.247 e. The number of anilines is 1. The normalized spacial score (nSPS) is 34.9. The standard InChI is InChI=1S/C23H30N2O4S/c1-30(28,29)19-6-4-18(5-7-19)24-21(26)20-3-2-8-25(20)22(27)23-12-15-9-16(13-23)11-17(10-15)14-23/h4-7,15-17,20H,2-3,8-14H2,1H3,(H,24,26)/t15?,16?,17?,20-,23?/m0/s1. The Kier molecular flexibility index (Phi) is 4.73. The van der Waals surface area contributed by atoms with E-state index in [2.05, 4.69) is 5.32 Å². The molecule has 6 rings (SSSR count). The zero-order valence-corrected chi connectivity index (χ0v) is 18.3. The van der Waals surface area contributed by atoms with Crippen LogP contribution in [0.4, 0.5) is 5.69 Å². The van der Waals surface area contributed by atoms with Crippen LogP contribution < -0.4 is 5.32 Å². The molecule has 0 spiro atoms. The minimum absolute atomic E-state index is 0.169. The number of hydrogen-bond acceptors (Lipinski definition) is 4. The van der Waals surface area contributed by atoms with Crippen LogP contribution in [0.25, 0.3) is 0 Å². The van der Waals surface area contributed by atoms with Gasteiger partial charge < -0.3 is 10.2 Å². The van der Waals surface area contributed by atoms with E-state index in [1.165, 1.54) is 31.4 Å². The Bertz CT molecular complexity index is 934. The van der Waals surface area contributed by atoms with Crippen molar-refractivity contribution in [3.63, 3.8) is 0 Å². The maximum Gasteiger partial charge on any atom is 0.247 e. The van der Waals surface area contributed by atoms with Crippen LogP contribution in [0.2, 0.25) is 0 Å². The van der Waals surface area contributed by atoms with Crippen LogP contribution in [-0.4, -0.2) is 44.0 Å². The van der Waals surface area contributed by atoms with Gasteiger partial charge in [0, 0.05) is 18.5 Å². The largest absolute Gasteiger partial charge is 0.330 e. The Morgan fingerprint density at radius 3 is 2.10 bits per heavy atom. The van der Waals surface area contributed by atoms with Crippen LogP contribution in [-0.2, 0) is 19.4 Å². The van der Waals surface area contributed by atoms with Crippen LogP contribution in [0.1, 0.15) is 51.4 Å². The number of likely N-dealkylation sites (tertiary alicyclic amines) is 1. The van der Waals surface area contributed by atoms with E-state index in [9.17, 15) is 18.0 Å². The second-order valence-corrected chi connectivity index (χ2v) is 12.2. The Morgan fingerprint density at radius 1 is 1.00 bits per heavy atom. The first-order valence-electron chi connectivity index (χ1n) is 11.2. The quantitative estimate of drug-likeness (QED) is 0.795. The average Bonchev–Trinajstić information content (AvgIpc) is 3.16. The third-order valence-electron chi connectivity index (χ3n) is 7.86. The summed E-state index contributed by atoms with van der Waals surface area (Å²) in [6.45, 7) is 0.658. The molecule has 5 aliphatic rings. The molecule has 1 heterocycles. The molecule has 30 heavy (non-hydrogen) atoms. The number of carbonyl (C=O) groups excluding carboxylic acids is 2. The fraction of sp³-hybridized carbons (Fsp3) is 0.652. The number of sulfone groups is 1. The van der Waals surface area contributed by atoms with Gasteiger partial charge >= 0.3 is 0 Å². The summed E-state index contributed by atoms with van der Waals surface area (Å²) in [6, 6.07) is 5.78. The molecule has 0 radical (unpaired) electrons. The van der Waals surface area contributed by atoms with Crippen LogP contribution >= 0.6 is 0 Å². The summed E-state index contributed by atoms with van der Waals surface area (Å²) in [7, 11) is -3.27. The minimum Gasteiger partial charge on any atom is -0.330 e. The molecule has 1 saturated heterocycles. The van der Waals surface area contributed by atoms with Gasteiger partial charge in [0.05, 0.1) is 10.3 Å². The van der Waals surface area contributed by atoms with E-state index in [0.717, 1.165) is 31.9 Å². The zero-order chi connectivity index (χ0) is 21.1. The summed E-state index contributed by atoms with van der Waals surface area (Å²) in [5.74, 6) is 2.14. The molecule has 0 unspecified atom stereocenters. The number of nitrogens with one attached hydrogen (secondary N) is 1. The molecule has 1 atom stereocenters. The predicted molar refractivity (Wildman–Crippen MR) is 114 cm³/mol. The highest BCUT2D eigenvalue weighted by molar-refractivity contribution is 7.90. The van der Waals surface area contributed by atoms with Crippen molar-refractivity contribution in [2.45, 2.75) is 62.3 Å². The number of carbonyl (C=O) groups is 2. The van der Waals surface area contributed by atoms with Crippen molar-refractivity contribution in [2.75, 3.05) is 18.1 Å². The monoisotopic (exact) mass is 430 g/mol. The number of rotatable bonds is 4. The lowest BCUT2D eigenvalue weighted by Gasteiger charge is -2.56. The molecule has 0 aromatic heterocycles. The summed E-state index contributed by atoms with van der Waals surface area (Å²) in [4.78, 5) is 28.8. The number of amides is 2.